The van der Waals surface area contributed by atoms with E-state index < -0.39 is 20.7 Å². The molecule has 2 fully saturated rings. The fraction of sp³-hybridized carbons (Fsp3) is 0.278. The number of amides is 1. The summed E-state index contributed by atoms with van der Waals surface area (Å²) in [7, 11) is -2.35. The molecule has 4 rings (SSSR count). The highest BCUT2D eigenvalue weighted by Crippen LogP contribution is 2.58. The van der Waals surface area contributed by atoms with E-state index in [1.54, 1.807) is 36.4 Å². The lowest BCUT2D eigenvalue weighted by molar-refractivity contribution is -0.116. The van der Waals surface area contributed by atoms with Crippen LogP contribution in [-0.2, 0) is 14.8 Å². The third-order valence-electron chi connectivity index (χ3n) is 5.09. The number of benzene rings is 2. The molecule has 1 saturated carbocycles. The number of anilines is 2. The maximum absolute atomic E-state index is 13.1. The molecule has 27 heavy (non-hydrogen) atoms. The number of nitrogens with one attached hydrogen (secondary N) is 1. The van der Waals surface area contributed by atoms with Crippen LogP contribution in [0.2, 0.25) is 10.0 Å². The molecule has 0 radical (unpaired) electrons. The minimum Gasteiger partial charge on any atom is -0.495 e. The Balaban J connectivity index is 1.60. The Morgan fingerprint density at radius 3 is 2.56 bits per heavy atom. The maximum Gasteiger partial charge on any atom is 0.250 e. The van der Waals surface area contributed by atoms with Crippen molar-refractivity contribution in [1.82, 2.24) is 0 Å². The molecular formula is C18H16Cl2N2O4S. The summed E-state index contributed by atoms with van der Waals surface area (Å²) in [5, 5.41) is 3.54. The van der Waals surface area contributed by atoms with E-state index in [1.807, 2.05) is 0 Å². The van der Waals surface area contributed by atoms with Gasteiger partial charge in [0, 0.05) is 23.2 Å². The van der Waals surface area contributed by atoms with Crippen LogP contribution in [0.25, 0.3) is 0 Å². The number of halogens is 2. The standard InChI is InChI=1S/C18H16Cl2N2O4S/c1-26-16-7-4-13(8-15(16)20)21-17(23)18-9-11(18)10-22(27(18,24)25)14-5-2-12(19)3-6-14/h2-8,11H,9-10H2,1H3,(H,21,23). The molecule has 2 atom stereocenters. The molecule has 142 valence electrons. The van der Waals surface area contributed by atoms with Crippen LogP contribution in [0.1, 0.15) is 6.42 Å². The molecule has 1 aliphatic carbocycles. The lowest BCUT2D eigenvalue weighted by Gasteiger charge is -2.23. The molecule has 2 aromatic carbocycles. The van der Waals surface area contributed by atoms with E-state index >= 15 is 0 Å². The SMILES string of the molecule is COc1ccc(NC(=O)C23CC2CN(c2ccc(Cl)cc2)S3(=O)=O)cc1Cl. The lowest BCUT2D eigenvalue weighted by Crippen LogP contribution is -2.42. The van der Waals surface area contributed by atoms with E-state index in [2.05, 4.69) is 5.32 Å². The third kappa shape index (κ3) is 2.76. The summed E-state index contributed by atoms with van der Waals surface area (Å²) < 4.78 is 31.2. The zero-order valence-corrected chi connectivity index (χ0v) is 16.6. The van der Waals surface area contributed by atoms with Crippen LogP contribution in [0.5, 0.6) is 5.75 Å². The second-order valence-electron chi connectivity index (χ2n) is 6.61. The summed E-state index contributed by atoms with van der Waals surface area (Å²) >= 11 is 12.0. The van der Waals surface area contributed by atoms with Gasteiger partial charge in [-0.25, -0.2) is 8.42 Å². The molecule has 2 aromatic rings. The van der Waals surface area contributed by atoms with E-state index in [0.717, 1.165) is 0 Å². The lowest BCUT2D eigenvalue weighted by atomic mass is 10.2. The van der Waals surface area contributed by atoms with Gasteiger partial charge in [-0.1, -0.05) is 23.2 Å². The van der Waals surface area contributed by atoms with Gasteiger partial charge in [-0.3, -0.25) is 9.10 Å². The Morgan fingerprint density at radius 2 is 1.93 bits per heavy atom. The quantitative estimate of drug-likeness (QED) is 0.810. The number of ether oxygens (including phenoxy) is 1. The molecule has 0 aromatic heterocycles. The normalized spacial score (nSPS) is 25.0. The van der Waals surface area contributed by atoms with Crippen LogP contribution in [0.4, 0.5) is 11.4 Å². The number of carbonyl (C=O) groups is 1. The van der Waals surface area contributed by atoms with E-state index in [4.69, 9.17) is 27.9 Å². The highest BCUT2D eigenvalue weighted by Gasteiger charge is 2.75. The van der Waals surface area contributed by atoms with Gasteiger partial charge in [-0.2, -0.15) is 0 Å². The zero-order valence-electron chi connectivity index (χ0n) is 14.3. The van der Waals surface area contributed by atoms with Gasteiger partial charge in [-0.05, 0) is 48.9 Å². The predicted molar refractivity (Wildman–Crippen MR) is 105 cm³/mol. The molecule has 1 saturated heterocycles. The van der Waals surface area contributed by atoms with E-state index in [1.165, 1.54) is 17.5 Å². The van der Waals surface area contributed by atoms with E-state index in [0.29, 0.717) is 33.6 Å². The Labute approximate surface area is 167 Å². The summed E-state index contributed by atoms with van der Waals surface area (Å²) in [5.74, 6) is -0.309. The van der Waals surface area contributed by atoms with Crippen LogP contribution in [-0.4, -0.2) is 32.7 Å². The van der Waals surface area contributed by atoms with Gasteiger partial charge in [0.05, 0.1) is 17.8 Å². The topological polar surface area (TPSA) is 75.7 Å². The fourth-order valence-corrected chi connectivity index (χ4v) is 6.30. The van der Waals surface area contributed by atoms with E-state index in [9.17, 15) is 13.2 Å². The van der Waals surface area contributed by atoms with Crippen molar-refractivity contribution in [3.05, 3.63) is 52.5 Å². The summed E-state index contributed by atoms with van der Waals surface area (Å²) in [4.78, 5) is 12.9. The van der Waals surface area contributed by atoms with Gasteiger partial charge in [0.1, 0.15) is 5.75 Å². The molecule has 0 spiro atoms. The average molecular weight is 427 g/mol. The Kier molecular flexibility index (Phi) is 4.29. The number of fused-ring (bicyclic) bond motifs is 1. The molecule has 2 unspecified atom stereocenters. The van der Waals surface area contributed by atoms with Crippen molar-refractivity contribution in [2.75, 3.05) is 23.3 Å². The van der Waals surface area contributed by atoms with Crippen molar-refractivity contribution in [2.45, 2.75) is 11.2 Å². The number of sulfonamides is 1. The monoisotopic (exact) mass is 426 g/mol. The number of methoxy groups -OCH3 is 1. The first-order chi connectivity index (χ1) is 12.8. The minimum atomic E-state index is -3.84. The summed E-state index contributed by atoms with van der Waals surface area (Å²) in [6.07, 6.45) is 0.315. The first kappa shape index (κ1) is 18.4. The van der Waals surface area contributed by atoms with Gasteiger partial charge in [0.2, 0.25) is 15.9 Å². The summed E-state index contributed by atoms with van der Waals surface area (Å²) in [5.41, 5.74) is 0.928. The van der Waals surface area contributed by atoms with Crippen molar-refractivity contribution in [1.29, 1.82) is 0 Å². The Bertz CT molecular complexity index is 1030. The van der Waals surface area contributed by atoms with E-state index in [-0.39, 0.29) is 12.5 Å². The van der Waals surface area contributed by atoms with Crippen LogP contribution < -0.4 is 14.4 Å². The highest BCUT2D eigenvalue weighted by atomic mass is 35.5. The Hall–Kier alpha value is -1.96. The minimum absolute atomic E-state index is 0.244. The maximum atomic E-state index is 13.1. The number of hydrogen-bond donors (Lipinski definition) is 1. The van der Waals surface area contributed by atoms with Gasteiger partial charge in [0.25, 0.3) is 0 Å². The van der Waals surface area contributed by atoms with Crippen LogP contribution in [0.15, 0.2) is 42.5 Å². The predicted octanol–water partition coefficient (Wildman–Crippen LogP) is 3.55. The largest absolute Gasteiger partial charge is 0.495 e. The molecule has 1 heterocycles. The Morgan fingerprint density at radius 1 is 1.22 bits per heavy atom. The zero-order chi connectivity index (χ0) is 19.4. The first-order valence-corrected chi connectivity index (χ1v) is 10.4. The highest BCUT2D eigenvalue weighted by molar-refractivity contribution is 7.95. The number of carbonyl (C=O) groups excluding carboxylic acids is 1. The van der Waals surface area contributed by atoms with Gasteiger partial charge in [0.15, 0.2) is 4.75 Å². The van der Waals surface area contributed by atoms with Gasteiger partial charge < -0.3 is 10.1 Å². The second-order valence-corrected chi connectivity index (χ2v) is 9.57. The number of hydrogen-bond acceptors (Lipinski definition) is 4. The molecule has 2 aliphatic rings. The summed E-state index contributed by atoms with van der Waals surface area (Å²) in [6, 6.07) is 11.3. The molecule has 1 aliphatic heterocycles. The molecular weight excluding hydrogens is 411 g/mol. The smallest absolute Gasteiger partial charge is 0.250 e. The van der Waals surface area contributed by atoms with Crippen molar-refractivity contribution in [3.63, 3.8) is 0 Å². The number of nitrogens with zero attached hydrogens (tertiary/aromatic N) is 1. The van der Waals surface area contributed by atoms with Crippen molar-refractivity contribution in [2.24, 2.45) is 5.92 Å². The molecule has 1 N–H and O–H groups in total. The van der Waals surface area contributed by atoms with Crippen LogP contribution >= 0.6 is 23.2 Å². The van der Waals surface area contributed by atoms with Gasteiger partial charge >= 0.3 is 0 Å². The van der Waals surface area contributed by atoms with Crippen molar-refractivity contribution in [3.8, 4) is 5.75 Å². The second kappa shape index (κ2) is 6.29. The number of rotatable bonds is 4. The average Bonchev–Trinajstić information content (AvgIpc) is 3.32. The first-order valence-electron chi connectivity index (χ1n) is 8.22. The van der Waals surface area contributed by atoms with Crippen LogP contribution in [0, 0.1) is 5.92 Å². The van der Waals surface area contributed by atoms with Crippen molar-refractivity contribution >= 4 is 50.5 Å². The molecule has 0 bridgehead atoms. The fourth-order valence-electron chi connectivity index (χ4n) is 3.56. The van der Waals surface area contributed by atoms with Crippen LogP contribution in [0.3, 0.4) is 0 Å². The third-order valence-corrected chi connectivity index (χ3v) is 8.19. The van der Waals surface area contributed by atoms with Crippen molar-refractivity contribution < 1.29 is 17.9 Å². The molecule has 9 heteroatoms. The molecule has 1 amide bonds. The summed E-state index contributed by atoms with van der Waals surface area (Å²) in [6.45, 7) is 0.279. The van der Waals surface area contributed by atoms with Gasteiger partial charge in [-0.15, -0.1) is 0 Å². The molecule has 6 nitrogen and oxygen atoms in total.